The number of benzene rings is 1. The van der Waals surface area contributed by atoms with E-state index in [-0.39, 0.29) is 9.92 Å². The normalized spacial score (nSPS) is 9.93. The van der Waals surface area contributed by atoms with Crippen LogP contribution in [0.15, 0.2) is 23.1 Å². The zero-order valence-corrected chi connectivity index (χ0v) is 8.93. The van der Waals surface area contributed by atoms with Gasteiger partial charge in [-0.25, -0.2) is 13.6 Å². The Bertz CT molecular complexity index is 591. The minimum absolute atomic E-state index is 0.0118. The Labute approximate surface area is 92.3 Å². The van der Waals surface area contributed by atoms with Crippen molar-refractivity contribution in [2.45, 2.75) is 4.90 Å². The lowest BCUT2D eigenvalue weighted by Crippen LogP contribution is -2.12. The predicted octanol–water partition coefficient (Wildman–Crippen LogP) is 0.862. The molecule has 0 saturated carbocycles. The third-order valence-corrected chi connectivity index (χ3v) is 2.89. The van der Waals surface area contributed by atoms with Crippen LogP contribution in [0.2, 0.25) is 5.02 Å². The monoisotopic (exact) mass is 240 g/mol. The number of rotatable bonds is 1. The standard InChI is InChI=1S/C9H5ClN2O2S/c10-8-6-7(2-1-5-11)3-4-9(8)15(12,13)14/h3-4,6H,(H2,12,13,14). The lowest BCUT2D eigenvalue weighted by Gasteiger charge is -2.00. The molecule has 76 valence electrons. The fourth-order valence-corrected chi connectivity index (χ4v) is 2.00. The van der Waals surface area contributed by atoms with Crippen molar-refractivity contribution in [2.75, 3.05) is 0 Å². The summed E-state index contributed by atoms with van der Waals surface area (Å²) in [6.07, 6.45) is 0. The maximum absolute atomic E-state index is 11.0. The van der Waals surface area contributed by atoms with Crippen molar-refractivity contribution >= 4 is 21.6 Å². The first kappa shape index (κ1) is 11.5. The lowest BCUT2D eigenvalue weighted by molar-refractivity contribution is 0.598. The van der Waals surface area contributed by atoms with Crippen LogP contribution in [-0.4, -0.2) is 8.42 Å². The first-order valence-corrected chi connectivity index (χ1v) is 5.60. The summed E-state index contributed by atoms with van der Waals surface area (Å²) in [5.74, 6) is 4.65. The van der Waals surface area contributed by atoms with E-state index in [1.807, 2.05) is 0 Å². The smallest absolute Gasteiger partial charge is 0.225 e. The summed E-state index contributed by atoms with van der Waals surface area (Å²) in [6, 6.07) is 5.65. The zero-order valence-electron chi connectivity index (χ0n) is 7.36. The van der Waals surface area contributed by atoms with Crippen LogP contribution in [0.5, 0.6) is 0 Å². The first-order valence-electron chi connectivity index (χ1n) is 3.67. The van der Waals surface area contributed by atoms with Crippen LogP contribution in [0.1, 0.15) is 5.56 Å². The van der Waals surface area contributed by atoms with E-state index in [2.05, 4.69) is 11.8 Å². The number of hydrogen-bond donors (Lipinski definition) is 1. The van der Waals surface area contributed by atoms with Gasteiger partial charge in [0.05, 0.1) is 5.02 Å². The molecule has 0 saturated heterocycles. The van der Waals surface area contributed by atoms with Gasteiger partial charge < -0.3 is 0 Å². The molecule has 0 aliphatic carbocycles. The molecule has 1 rings (SSSR count). The summed E-state index contributed by atoms with van der Waals surface area (Å²) in [5, 5.41) is 13.1. The predicted molar refractivity (Wildman–Crippen MR) is 55.3 cm³/mol. The summed E-state index contributed by atoms with van der Waals surface area (Å²) >= 11 is 5.68. The van der Waals surface area contributed by atoms with Crippen molar-refractivity contribution < 1.29 is 8.42 Å². The summed E-state index contributed by atoms with van der Waals surface area (Å²) in [4.78, 5) is -0.160. The Hall–Kier alpha value is -1.53. The van der Waals surface area contributed by atoms with E-state index in [4.69, 9.17) is 22.0 Å². The van der Waals surface area contributed by atoms with E-state index < -0.39 is 10.0 Å². The van der Waals surface area contributed by atoms with Gasteiger partial charge in [0.25, 0.3) is 0 Å². The Morgan fingerprint density at radius 1 is 1.40 bits per heavy atom. The van der Waals surface area contributed by atoms with Crippen molar-refractivity contribution in [3.63, 3.8) is 0 Å². The highest BCUT2D eigenvalue weighted by Crippen LogP contribution is 2.20. The fraction of sp³-hybridized carbons (Fsp3) is 0. The van der Waals surface area contributed by atoms with Crippen LogP contribution in [0.25, 0.3) is 0 Å². The fourth-order valence-electron chi connectivity index (χ4n) is 0.909. The quantitative estimate of drug-likeness (QED) is 0.739. The molecule has 1 aromatic rings. The van der Waals surface area contributed by atoms with Gasteiger partial charge in [-0.15, -0.1) is 0 Å². The van der Waals surface area contributed by atoms with E-state index in [0.717, 1.165) is 0 Å². The summed E-state index contributed by atoms with van der Waals surface area (Å²) in [6.45, 7) is 0. The van der Waals surface area contributed by atoms with Crippen LogP contribution in [-0.2, 0) is 10.0 Å². The first-order chi connectivity index (χ1) is 6.95. The number of nitrogens with two attached hydrogens (primary N) is 1. The molecule has 0 spiro atoms. The van der Waals surface area contributed by atoms with Gasteiger partial charge in [-0.05, 0) is 18.2 Å². The molecule has 0 atom stereocenters. The summed E-state index contributed by atoms with van der Waals surface area (Å²) in [7, 11) is -3.82. The van der Waals surface area contributed by atoms with Crippen molar-refractivity contribution in [3.8, 4) is 17.9 Å². The highest BCUT2D eigenvalue weighted by molar-refractivity contribution is 7.89. The molecule has 0 radical (unpaired) electrons. The lowest BCUT2D eigenvalue weighted by atomic mass is 10.2. The highest BCUT2D eigenvalue weighted by atomic mass is 35.5. The second-order valence-electron chi connectivity index (χ2n) is 2.55. The van der Waals surface area contributed by atoms with Crippen LogP contribution in [0, 0.1) is 23.2 Å². The average Bonchev–Trinajstić information content (AvgIpc) is 2.12. The molecular formula is C9H5ClN2O2S. The Morgan fingerprint density at radius 2 is 2.07 bits per heavy atom. The van der Waals surface area contributed by atoms with Gasteiger partial charge in [0.2, 0.25) is 10.0 Å². The molecule has 4 nitrogen and oxygen atoms in total. The van der Waals surface area contributed by atoms with Crippen molar-refractivity contribution in [1.82, 2.24) is 0 Å². The Morgan fingerprint density at radius 3 is 2.53 bits per heavy atom. The molecular weight excluding hydrogens is 236 g/mol. The summed E-state index contributed by atoms with van der Waals surface area (Å²) < 4.78 is 22.0. The SMILES string of the molecule is N#CC#Cc1ccc(S(N)(=O)=O)c(Cl)c1. The van der Waals surface area contributed by atoms with Crippen LogP contribution >= 0.6 is 11.6 Å². The third-order valence-electron chi connectivity index (χ3n) is 1.50. The number of sulfonamides is 1. The Kier molecular flexibility index (Phi) is 3.33. The minimum Gasteiger partial charge on any atom is -0.225 e. The van der Waals surface area contributed by atoms with Gasteiger partial charge in [0, 0.05) is 11.5 Å². The molecule has 0 heterocycles. The Balaban J connectivity index is 3.28. The number of hydrogen-bond acceptors (Lipinski definition) is 3. The largest absolute Gasteiger partial charge is 0.239 e. The van der Waals surface area contributed by atoms with Crippen molar-refractivity contribution in [3.05, 3.63) is 28.8 Å². The van der Waals surface area contributed by atoms with Crippen LogP contribution < -0.4 is 5.14 Å². The molecule has 15 heavy (non-hydrogen) atoms. The maximum Gasteiger partial charge on any atom is 0.239 e. The molecule has 2 N–H and O–H groups in total. The molecule has 0 aliphatic heterocycles. The second kappa shape index (κ2) is 4.33. The van der Waals surface area contributed by atoms with E-state index in [1.165, 1.54) is 18.2 Å². The second-order valence-corrected chi connectivity index (χ2v) is 4.49. The molecule has 0 unspecified atom stereocenters. The highest BCUT2D eigenvalue weighted by Gasteiger charge is 2.12. The van der Waals surface area contributed by atoms with Gasteiger partial charge in [-0.1, -0.05) is 17.5 Å². The molecule has 6 heteroatoms. The topological polar surface area (TPSA) is 83.9 Å². The van der Waals surface area contributed by atoms with E-state index >= 15 is 0 Å². The van der Waals surface area contributed by atoms with Crippen LogP contribution in [0.4, 0.5) is 0 Å². The molecule has 0 aromatic heterocycles. The maximum atomic E-state index is 11.0. The number of halogens is 1. The molecule has 0 bridgehead atoms. The minimum atomic E-state index is -3.82. The van der Waals surface area contributed by atoms with Crippen molar-refractivity contribution in [1.29, 1.82) is 5.26 Å². The van der Waals surface area contributed by atoms with E-state index in [0.29, 0.717) is 5.56 Å². The van der Waals surface area contributed by atoms with E-state index in [1.54, 1.807) is 6.07 Å². The molecule has 0 aliphatic rings. The summed E-state index contributed by atoms with van der Waals surface area (Å²) in [5.41, 5.74) is 0.453. The zero-order chi connectivity index (χ0) is 11.5. The third kappa shape index (κ3) is 2.97. The van der Waals surface area contributed by atoms with E-state index in [9.17, 15) is 8.42 Å². The number of nitrogens with zero attached hydrogens (tertiary/aromatic N) is 1. The molecule has 0 fully saturated rings. The van der Waals surface area contributed by atoms with Crippen molar-refractivity contribution in [2.24, 2.45) is 5.14 Å². The molecule has 1 aromatic carbocycles. The number of primary sulfonamides is 1. The van der Waals surface area contributed by atoms with Crippen LogP contribution in [0.3, 0.4) is 0 Å². The average molecular weight is 241 g/mol. The van der Waals surface area contributed by atoms with Gasteiger partial charge in [-0.3, -0.25) is 0 Å². The van der Waals surface area contributed by atoms with Gasteiger partial charge in [0.15, 0.2) is 6.07 Å². The van der Waals surface area contributed by atoms with Gasteiger partial charge in [0.1, 0.15) is 4.90 Å². The molecule has 0 amide bonds. The van der Waals surface area contributed by atoms with Gasteiger partial charge >= 0.3 is 0 Å². The van der Waals surface area contributed by atoms with Gasteiger partial charge in [-0.2, -0.15) is 5.26 Å². The number of nitriles is 1.